The maximum Gasteiger partial charge on any atom is 0.0651 e. The molecule has 0 saturated heterocycles. The molecular formula is C8H14O. The van der Waals surface area contributed by atoms with Gasteiger partial charge in [0.15, 0.2) is 0 Å². The highest BCUT2D eigenvalue weighted by Crippen LogP contribution is 1.81. The van der Waals surface area contributed by atoms with Gasteiger partial charge in [0.1, 0.15) is 0 Å². The lowest BCUT2D eigenvalue weighted by Crippen LogP contribution is -1.88. The van der Waals surface area contributed by atoms with E-state index in [0.717, 1.165) is 6.42 Å². The van der Waals surface area contributed by atoms with Crippen LogP contribution in [-0.4, -0.2) is 13.2 Å². The van der Waals surface area contributed by atoms with E-state index in [4.69, 9.17) is 4.74 Å². The Hall–Kier alpha value is -0.560. The third-order valence-electron chi connectivity index (χ3n) is 0.852. The summed E-state index contributed by atoms with van der Waals surface area (Å²) in [5.74, 6) is 0. The minimum atomic E-state index is 0.647. The second-order valence-electron chi connectivity index (χ2n) is 1.71. The van der Waals surface area contributed by atoms with Gasteiger partial charge in [-0.25, -0.2) is 0 Å². The van der Waals surface area contributed by atoms with Crippen LogP contribution in [0.5, 0.6) is 0 Å². The van der Waals surface area contributed by atoms with Gasteiger partial charge in [-0.05, 0) is 6.42 Å². The van der Waals surface area contributed by atoms with Gasteiger partial charge in [-0.2, -0.15) is 0 Å². The molecule has 52 valence electrons. The van der Waals surface area contributed by atoms with E-state index in [2.05, 4.69) is 19.6 Å². The summed E-state index contributed by atoms with van der Waals surface area (Å²) in [5.41, 5.74) is 0. The van der Waals surface area contributed by atoms with Gasteiger partial charge in [0.25, 0.3) is 0 Å². The van der Waals surface area contributed by atoms with Gasteiger partial charge in [-0.15, -0.1) is 6.58 Å². The molecule has 0 aliphatic heterocycles. The molecule has 0 aliphatic carbocycles. The molecule has 0 amide bonds. The van der Waals surface area contributed by atoms with E-state index in [1.54, 1.807) is 6.08 Å². The van der Waals surface area contributed by atoms with E-state index in [1.165, 1.54) is 0 Å². The Bertz CT molecular complexity index is 84.6. The van der Waals surface area contributed by atoms with Crippen LogP contribution in [0.15, 0.2) is 24.8 Å². The van der Waals surface area contributed by atoms with Crippen molar-refractivity contribution in [3.8, 4) is 0 Å². The van der Waals surface area contributed by atoms with Gasteiger partial charge in [0.05, 0.1) is 13.2 Å². The molecule has 0 aliphatic rings. The van der Waals surface area contributed by atoms with E-state index in [0.29, 0.717) is 13.2 Å². The van der Waals surface area contributed by atoms with Crippen molar-refractivity contribution in [1.29, 1.82) is 0 Å². The Morgan fingerprint density at radius 2 is 2.11 bits per heavy atom. The van der Waals surface area contributed by atoms with Crippen LogP contribution in [0.4, 0.5) is 0 Å². The lowest BCUT2D eigenvalue weighted by Gasteiger charge is -1.91. The fourth-order valence-electron chi connectivity index (χ4n) is 0.454. The maximum atomic E-state index is 5.08. The van der Waals surface area contributed by atoms with Crippen molar-refractivity contribution >= 4 is 0 Å². The smallest absolute Gasteiger partial charge is 0.0651 e. The third kappa shape index (κ3) is 7.44. The molecule has 0 heterocycles. The van der Waals surface area contributed by atoms with E-state index in [-0.39, 0.29) is 0 Å². The van der Waals surface area contributed by atoms with Gasteiger partial charge in [0.2, 0.25) is 0 Å². The Morgan fingerprint density at radius 1 is 1.33 bits per heavy atom. The standard InChI is InChI=1S/C8H14O/c1-3-5-6-8-9-7-4-2/h4-6H,2-3,7-8H2,1H3. The normalized spacial score (nSPS) is 10.3. The monoisotopic (exact) mass is 126 g/mol. The molecule has 0 atom stereocenters. The SMILES string of the molecule is C=CCOCC=CCC. The molecule has 0 unspecified atom stereocenters. The van der Waals surface area contributed by atoms with Crippen LogP contribution in [0.25, 0.3) is 0 Å². The fourth-order valence-corrected chi connectivity index (χ4v) is 0.454. The largest absolute Gasteiger partial charge is 0.373 e. The van der Waals surface area contributed by atoms with Crippen LogP contribution >= 0.6 is 0 Å². The summed E-state index contributed by atoms with van der Waals surface area (Å²) in [6.45, 7) is 6.99. The van der Waals surface area contributed by atoms with E-state index in [1.807, 2.05) is 6.08 Å². The van der Waals surface area contributed by atoms with Gasteiger partial charge in [-0.3, -0.25) is 0 Å². The number of hydrogen-bond acceptors (Lipinski definition) is 1. The van der Waals surface area contributed by atoms with Gasteiger partial charge in [-0.1, -0.05) is 25.2 Å². The molecule has 0 radical (unpaired) electrons. The summed E-state index contributed by atoms with van der Waals surface area (Å²) >= 11 is 0. The van der Waals surface area contributed by atoms with Gasteiger partial charge in [0, 0.05) is 0 Å². The van der Waals surface area contributed by atoms with Crippen molar-refractivity contribution in [1.82, 2.24) is 0 Å². The highest BCUT2D eigenvalue weighted by atomic mass is 16.5. The van der Waals surface area contributed by atoms with Crippen molar-refractivity contribution < 1.29 is 4.74 Å². The quantitative estimate of drug-likeness (QED) is 0.405. The summed E-state index contributed by atoms with van der Waals surface area (Å²) < 4.78 is 5.08. The Morgan fingerprint density at radius 3 is 2.67 bits per heavy atom. The molecule has 0 bridgehead atoms. The summed E-state index contributed by atoms with van der Waals surface area (Å²) in [5, 5.41) is 0. The summed E-state index contributed by atoms with van der Waals surface area (Å²) in [7, 11) is 0. The second kappa shape index (κ2) is 7.44. The highest BCUT2D eigenvalue weighted by molar-refractivity contribution is 4.80. The first-order chi connectivity index (χ1) is 4.41. The molecule has 0 aromatic heterocycles. The topological polar surface area (TPSA) is 9.23 Å². The van der Waals surface area contributed by atoms with Crippen molar-refractivity contribution in [2.75, 3.05) is 13.2 Å². The molecule has 0 aromatic carbocycles. The van der Waals surface area contributed by atoms with Crippen LogP contribution in [0.3, 0.4) is 0 Å². The molecule has 0 aromatic rings. The first-order valence-electron chi connectivity index (χ1n) is 3.25. The number of rotatable bonds is 5. The maximum absolute atomic E-state index is 5.08. The first kappa shape index (κ1) is 8.44. The first-order valence-corrected chi connectivity index (χ1v) is 3.25. The van der Waals surface area contributed by atoms with Crippen LogP contribution in [0, 0.1) is 0 Å². The average Bonchev–Trinajstić information content (AvgIpc) is 1.89. The minimum Gasteiger partial charge on any atom is -0.373 e. The molecule has 0 saturated carbocycles. The number of allylic oxidation sites excluding steroid dienone is 1. The Balaban J connectivity index is 2.90. The third-order valence-corrected chi connectivity index (χ3v) is 0.852. The van der Waals surface area contributed by atoms with Crippen molar-refractivity contribution in [3.05, 3.63) is 24.8 Å². The Labute approximate surface area is 57.0 Å². The predicted octanol–water partition coefficient (Wildman–Crippen LogP) is 2.16. The lowest BCUT2D eigenvalue weighted by atomic mass is 10.4. The van der Waals surface area contributed by atoms with Crippen molar-refractivity contribution in [2.45, 2.75) is 13.3 Å². The second-order valence-corrected chi connectivity index (χ2v) is 1.71. The molecule has 1 nitrogen and oxygen atoms in total. The van der Waals surface area contributed by atoms with E-state index < -0.39 is 0 Å². The zero-order chi connectivity index (χ0) is 6.95. The number of ether oxygens (including phenoxy) is 1. The molecule has 0 fully saturated rings. The predicted molar refractivity (Wildman–Crippen MR) is 40.4 cm³/mol. The summed E-state index contributed by atoms with van der Waals surface area (Å²) in [6.07, 6.45) is 6.93. The summed E-state index contributed by atoms with van der Waals surface area (Å²) in [6, 6.07) is 0. The Kier molecular flexibility index (Phi) is 6.98. The van der Waals surface area contributed by atoms with Crippen LogP contribution in [0.2, 0.25) is 0 Å². The minimum absolute atomic E-state index is 0.647. The zero-order valence-electron chi connectivity index (χ0n) is 5.97. The van der Waals surface area contributed by atoms with Crippen molar-refractivity contribution in [2.24, 2.45) is 0 Å². The highest BCUT2D eigenvalue weighted by Gasteiger charge is 1.74. The summed E-state index contributed by atoms with van der Waals surface area (Å²) in [4.78, 5) is 0. The fraction of sp³-hybridized carbons (Fsp3) is 0.500. The molecule has 0 spiro atoms. The lowest BCUT2D eigenvalue weighted by molar-refractivity contribution is 0.194. The van der Waals surface area contributed by atoms with Crippen LogP contribution in [-0.2, 0) is 4.74 Å². The zero-order valence-corrected chi connectivity index (χ0v) is 5.97. The number of hydrogen-bond donors (Lipinski definition) is 0. The van der Waals surface area contributed by atoms with Gasteiger partial charge < -0.3 is 4.74 Å². The van der Waals surface area contributed by atoms with E-state index >= 15 is 0 Å². The van der Waals surface area contributed by atoms with Crippen LogP contribution in [0.1, 0.15) is 13.3 Å². The van der Waals surface area contributed by atoms with E-state index in [9.17, 15) is 0 Å². The average molecular weight is 126 g/mol. The van der Waals surface area contributed by atoms with Crippen molar-refractivity contribution in [3.63, 3.8) is 0 Å². The molecule has 9 heavy (non-hydrogen) atoms. The molecule has 1 heteroatoms. The van der Waals surface area contributed by atoms with Gasteiger partial charge >= 0.3 is 0 Å². The van der Waals surface area contributed by atoms with Crippen LogP contribution < -0.4 is 0 Å². The molecule has 0 rings (SSSR count). The molecular weight excluding hydrogens is 112 g/mol. The molecule has 0 N–H and O–H groups in total.